The quantitative estimate of drug-likeness (QED) is 0.719. The van der Waals surface area contributed by atoms with Gasteiger partial charge in [-0.15, -0.1) is 0 Å². The first kappa shape index (κ1) is 16.5. The van der Waals surface area contributed by atoms with Crippen LogP contribution in [0.5, 0.6) is 5.75 Å². The minimum atomic E-state index is 0.00551. The molecular formula is C16H26N2O2. The van der Waals surface area contributed by atoms with Crippen LogP contribution < -0.4 is 15.4 Å². The van der Waals surface area contributed by atoms with Crippen LogP contribution in [-0.2, 0) is 4.79 Å². The molecule has 0 radical (unpaired) electrons. The van der Waals surface area contributed by atoms with Crippen LogP contribution in [0.3, 0.4) is 0 Å². The summed E-state index contributed by atoms with van der Waals surface area (Å²) in [5.41, 5.74) is 1.83. The van der Waals surface area contributed by atoms with E-state index in [1.54, 1.807) is 7.11 Å². The summed E-state index contributed by atoms with van der Waals surface area (Å²) in [6.45, 7) is 8.03. The fourth-order valence-corrected chi connectivity index (χ4v) is 1.85. The molecule has 1 amide bonds. The number of carbonyl (C=O) groups is 1. The van der Waals surface area contributed by atoms with Crippen LogP contribution in [0.4, 0.5) is 5.69 Å². The minimum Gasteiger partial charge on any atom is -0.495 e. The van der Waals surface area contributed by atoms with E-state index in [1.165, 1.54) is 0 Å². The van der Waals surface area contributed by atoms with Crippen molar-refractivity contribution < 1.29 is 9.53 Å². The van der Waals surface area contributed by atoms with Gasteiger partial charge < -0.3 is 15.4 Å². The first-order valence-electron chi connectivity index (χ1n) is 7.18. The molecule has 4 nitrogen and oxygen atoms in total. The fourth-order valence-electron chi connectivity index (χ4n) is 1.85. The van der Waals surface area contributed by atoms with Crippen molar-refractivity contribution >= 4 is 11.6 Å². The highest BCUT2D eigenvalue weighted by atomic mass is 16.5. The molecule has 1 aromatic rings. The van der Waals surface area contributed by atoms with Crippen molar-refractivity contribution in [1.29, 1.82) is 0 Å². The van der Waals surface area contributed by atoms with Crippen LogP contribution in [-0.4, -0.2) is 26.1 Å². The summed E-state index contributed by atoms with van der Waals surface area (Å²) >= 11 is 0. The van der Waals surface area contributed by atoms with Crippen molar-refractivity contribution in [2.24, 2.45) is 5.92 Å². The molecule has 0 saturated carbocycles. The predicted octanol–water partition coefficient (Wildman–Crippen LogP) is 2.97. The monoisotopic (exact) mass is 278 g/mol. The highest BCUT2D eigenvalue weighted by Crippen LogP contribution is 2.25. The topological polar surface area (TPSA) is 50.4 Å². The molecule has 20 heavy (non-hydrogen) atoms. The number of rotatable bonds is 8. The number of amides is 1. The summed E-state index contributed by atoms with van der Waals surface area (Å²) in [7, 11) is 1.60. The molecule has 1 rings (SSSR count). The summed E-state index contributed by atoms with van der Waals surface area (Å²) in [5.74, 6) is 1.38. The van der Waals surface area contributed by atoms with Crippen molar-refractivity contribution in [2.75, 3.05) is 25.5 Å². The molecule has 0 saturated heterocycles. The van der Waals surface area contributed by atoms with E-state index in [-0.39, 0.29) is 5.91 Å². The molecule has 4 heteroatoms. The Hall–Kier alpha value is -1.55. The first-order chi connectivity index (χ1) is 9.52. The third-order valence-electron chi connectivity index (χ3n) is 3.06. The largest absolute Gasteiger partial charge is 0.495 e. The number of carbonyl (C=O) groups excluding carboxylic acids is 1. The molecular weight excluding hydrogens is 252 g/mol. The average molecular weight is 278 g/mol. The van der Waals surface area contributed by atoms with Crippen LogP contribution in [0.15, 0.2) is 18.2 Å². The minimum absolute atomic E-state index is 0.00551. The van der Waals surface area contributed by atoms with Crippen LogP contribution in [0.1, 0.15) is 32.3 Å². The Balaban J connectivity index is 2.37. The maximum atomic E-state index is 11.9. The molecule has 0 unspecified atom stereocenters. The lowest BCUT2D eigenvalue weighted by molar-refractivity contribution is -0.116. The zero-order valence-electron chi connectivity index (χ0n) is 13.0. The lowest BCUT2D eigenvalue weighted by Gasteiger charge is -2.11. The molecule has 2 N–H and O–H groups in total. The Morgan fingerprint density at radius 1 is 1.30 bits per heavy atom. The number of nitrogens with one attached hydrogen (secondary N) is 2. The van der Waals surface area contributed by atoms with Crippen LogP contribution >= 0.6 is 0 Å². The molecule has 0 aliphatic heterocycles. The molecule has 0 bridgehead atoms. The summed E-state index contributed by atoms with van der Waals surface area (Å²) in [6, 6.07) is 5.75. The maximum absolute atomic E-state index is 11.9. The third-order valence-corrected chi connectivity index (χ3v) is 3.06. The third kappa shape index (κ3) is 6.06. The van der Waals surface area contributed by atoms with E-state index < -0.39 is 0 Å². The number of benzene rings is 1. The Morgan fingerprint density at radius 2 is 2.05 bits per heavy atom. The number of hydrogen-bond acceptors (Lipinski definition) is 3. The predicted molar refractivity (Wildman–Crippen MR) is 83.3 cm³/mol. The van der Waals surface area contributed by atoms with Crippen molar-refractivity contribution in [1.82, 2.24) is 5.32 Å². The Labute approximate surface area is 121 Å². The van der Waals surface area contributed by atoms with Crippen molar-refractivity contribution in [2.45, 2.75) is 33.6 Å². The zero-order chi connectivity index (χ0) is 15.0. The second-order valence-corrected chi connectivity index (χ2v) is 5.43. The van der Waals surface area contributed by atoms with Gasteiger partial charge in [-0.3, -0.25) is 4.79 Å². The van der Waals surface area contributed by atoms with Crippen LogP contribution in [0, 0.1) is 12.8 Å². The van der Waals surface area contributed by atoms with Crippen molar-refractivity contribution in [3.05, 3.63) is 23.8 Å². The molecule has 0 aliphatic rings. The van der Waals surface area contributed by atoms with Gasteiger partial charge in [0.2, 0.25) is 5.91 Å². The molecule has 0 heterocycles. The number of hydrogen-bond donors (Lipinski definition) is 2. The summed E-state index contributed by atoms with van der Waals surface area (Å²) in [5, 5.41) is 6.18. The van der Waals surface area contributed by atoms with Gasteiger partial charge in [-0.2, -0.15) is 0 Å². The normalized spacial score (nSPS) is 10.7. The number of aryl methyl sites for hydroxylation is 1. The van der Waals surface area contributed by atoms with Gasteiger partial charge in [0.15, 0.2) is 0 Å². The number of anilines is 1. The molecule has 0 aromatic heterocycles. The van der Waals surface area contributed by atoms with E-state index in [0.717, 1.165) is 24.2 Å². The van der Waals surface area contributed by atoms with Gasteiger partial charge in [0.1, 0.15) is 5.75 Å². The highest BCUT2D eigenvalue weighted by Gasteiger charge is 2.07. The second-order valence-electron chi connectivity index (χ2n) is 5.43. The zero-order valence-corrected chi connectivity index (χ0v) is 13.0. The van der Waals surface area contributed by atoms with E-state index in [0.29, 0.717) is 24.6 Å². The highest BCUT2D eigenvalue weighted by molar-refractivity contribution is 5.92. The van der Waals surface area contributed by atoms with E-state index in [4.69, 9.17) is 4.74 Å². The van der Waals surface area contributed by atoms with Crippen molar-refractivity contribution in [3.8, 4) is 5.75 Å². The van der Waals surface area contributed by atoms with Gasteiger partial charge in [-0.05, 0) is 43.5 Å². The van der Waals surface area contributed by atoms with E-state index in [2.05, 4.69) is 24.5 Å². The number of methoxy groups -OCH3 is 1. The lowest BCUT2D eigenvalue weighted by atomic mass is 10.1. The van der Waals surface area contributed by atoms with Gasteiger partial charge >= 0.3 is 0 Å². The van der Waals surface area contributed by atoms with Crippen LogP contribution in [0.25, 0.3) is 0 Å². The second kappa shape index (κ2) is 8.59. The molecule has 1 aromatic carbocycles. The smallest absolute Gasteiger partial charge is 0.225 e. The van der Waals surface area contributed by atoms with Crippen LogP contribution in [0.2, 0.25) is 0 Å². The van der Waals surface area contributed by atoms with E-state index in [1.807, 2.05) is 25.1 Å². The van der Waals surface area contributed by atoms with Gasteiger partial charge in [0.25, 0.3) is 0 Å². The SMILES string of the molecule is COc1ccc(C)cc1NC(=O)CCNCCC(C)C. The van der Waals surface area contributed by atoms with E-state index >= 15 is 0 Å². The number of ether oxygens (including phenoxy) is 1. The Kier molecular flexibility index (Phi) is 7.09. The lowest BCUT2D eigenvalue weighted by Crippen LogP contribution is -2.23. The molecule has 0 aliphatic carbocycles. The fraction of sp³-hybridized carbons (Fsp3) is 0.562. The maximum Gasteiger partial charge on any atom is 0.225 e. The Morgan fingerprint density at radius 3 is 2.70 bits per heavy atom. The molecule has 0 atom stereocenters. The average Bonchev–Trinajstić information content (AvgIpc) is 2.38. The summed E-state index contributed by atoms with van der Waals surface area (Å²) in [6.07, 6.45) is 1.60. The standard InChI is InChI=1S/C16H26N2O2/c1-12(2)7-9-17-10-8-16(19)18-14-11-13(3)5-6-15(14)20-4/h5-6,11-12,17H,7-10H2,1-4H3,(H,18,19). The van der Waals surface area contributed by atoms with Gasteiger partial charge in [-0.1, -0.05) is 19.9 Å². The molecule has 0 fully saturated rings. The first-order valence-corrected chi connectivity index (χ1v) is 7.18. The van der Waals surface area contributed by atoms with E-state index in [9.17, 15) is 4.79 Å². The Bertz CT molecular complexity index is 430. The summed E-state index contributed by atoms with van der Waals surface area (Å²) < 4.78 is 5.24. The van der Waals surface area contributed by atoms with Gasteiger partial charge in [0, 0.05) is 13.0 Å². The molecule has 112 valence electrons. The molecule has 0 spiro atoms. The van der Waals surface area contributed by atoms with Crippen molar-refractivity contribution in [3.63, 3.8) is 0 Å². The summed E-state index contributed by atoms with van der Waals surface area (Å²) in [4.78, 5) is 11.9. The van der Waals surface area contributed by atoms with Gasteiger partial charge in [-0.25, -0.2) is 0 Å². The van der Waals surface area contributed by atoms with Gasteiger partial charge in [0.05, 0.1) is 12.8 Å².